The van der Waals surface area contributed by atoms with E-state index in [1.54, 1.807) is 12.2 Å². The summed E-state index contributed by atoms with van der Waals surface area (Å²) in [5.74, 6) is 0. The topological polar surface area (TPSA) is 58.6 Å². The van der Waals surface area contributed by atoms with Crippen molar-refractivity contribution < 1.29 is 14.7 Å². The SMILES string of the molecule is C=C/C(C)=C(\C=C)C(Cc1ccccc1C)OC(=O)NO. The van der Waals surface area contributed by atoms with Crippen LogP contribution in [0.3, 0.4) is 0 Å². The van der Waals surface area contributed by atoms with Gasteiger partial charge in [0.15, 0.2) is 0 Å². The Morgan fingerprint density at radius 1 is 1.38 bits per heavy atom. The number of carbonyl (C=O) groups excluding carboxylic acids is 1. The summed E-state index contributed by atoms with van der Waals surface area (Å²) in [6, 6.07) is 7.86. The second kappa shape index (κ2) is 8.07. The zero-order chi connectivity index (χ0) is 15.8. The first-order valence-electron chi connectivity index (χ1n) is 6.64. The highest BCUT2D eigenvalue weighted by atomic mass is 16.6. The molecular formula is C17H21NO3. The van der Waals surface area contributed by atoms with Gasteiger partial charge in [0.2, 0.25) is 0 Å². The Bertz CT molecular complexity index is 561. The summed E-state index contributed by atoms with van der Waals surface area (Å²) in [5, 5.41) is 8.67. The number of hydrogen-bond donors (Lipinski definition) is 2. The lowest BCUT2D eigenvalue weighted by molar-refractivity contribution is 0.0686. The Balaban J connectivity index is 3.13. The van der Waals surface area contributed by atoms with Crippen LogP contribution < -0.4 is 5.48 Å². The van der Waals surface area contributed by atoms with Crippen molar-refractivity contribution in [2.24, 2.45) is 0 Å². The lowest BCUT2D eigenvalue weighted by Gasteiger charge is -2.21. The van der Waals surface area contributed by atoms with Gasteiger partial charge in [0.05, 0.1) is 0 Å². The standard InChI is InChI=1S/C17H21NO3/c1-5-12(3)15(6-2)16(21-17(19)18-20)11-14-10-8-7-9-13(14)4/h5-10,16,20H,1-2,11H2,3-4H3,(H,18,19)/b15-12+. The van der Waals surface area contributed by atoms with Crippen LogP contribution in [0.25, 0.3) is 0 Å². The summed E-state index contributed by atoms with van der Waals surface area (Å²) in [7, 11) is 0. The van der Waals surface area contributed by atoms with Crippen molar-refractivity contribution in [1.29, 1.82) is 0 Å². The summed E-state index contributed by atoms with van der Waals surface area (Å²) < 4.78 is 5.26. The number of benzene rings is 1. The van der Waals surface area contributed by atoms with E-state index < -0.39 is 12.2 Å². The molecule has 0 spiro atoms. The molecular weight excluding hydrogens is 266 g/mol. The number of ether oxygens (including phenoxy) is 1. The van der Waals surface area contributed by atoms with Crippen molar-refractivity contribution >= 4 is 6.09 Å². The van der Waals surface area contributed by atoms with Gasteiger partial charge >= 0.3 is 6.09 Å². The molecule has 1 aromatic carbocycles. The average Bonchev–Trinajstić information content (AvgIpc) is 2.49. The summed E-state index contributed by atoms with van der Waals surface area (Å²) in [6.07, 6.45) is 2.37. The molecule has 0 fully saturated rings. The molecule has 1 rings (SSSR count). The monoisotopic (exact) mass is 287 g/mol. The van der Waals surface area contributed by atoms with Crippen LogP contribution in [0.15, 0.2) is 60.7 Å². The van der Waals surface area contributed by atoms with Crippen molar-refractivity contribution in [3.63, 3.8) is 0 Å². The Labute approximate surface area is 125 Å². The van der Waals surface area contributed by atoms with E-state index in [1.807, 2.05) is 38.1 Å². The van der Waals surface area contributed by atoms with Crippen LogP contribution in [0.1, 0.15) is 18.1 Å². The molecule has 1 atom stereocenters. The van der Waals surface area contributed by atoms with Crippen molar-refractivity contribution in [3.05, 3.63) is 71.8 Å². The van der Waals surface area contributed by atoms with Crippen molar-refractivity contribution in [2.75, 3.05) is 0 Å². The molecule has 0 aliphatic carbocycles. The third-order valence-corrected chi connectivity index (χ3v) is 3.34. The number of hydroxylamine groups is 1. The van der Waals surface area contributed by atoms with Crippen LogP contribution >= 0.6 is 0 Å². The lowest BCUT2D eigenvalue weighted by Crippen LogP contribution is -2.29. The molecule has 1 amide bonds. The van der Waals surface area contributed by atoms with Gasteiger partial charge in [-0.2, -0.15) is 0 Å². The summed E-state index contributed by atoms with van der Waals surface area (Å²) in [6.45, 7) is 11.4. The molecule has 1 unspecified atom stereocenters. The zero-order valence-electron chi connectivity index (χ0n) is 12.4. The van der Waals surface area contributed by atoms with Gasteiger partial charge < -0.3 is 4.74 Å². The van der Waals surface area contributed by atoms with Crippen LogP contribution in [0, 0.1) is 6.92 Å². The maximum atomic E-state index is 11.4. The number of aryl methyl sites for hydroxylation is 1. The fourth-order valence-electron chi connectivity index (χ4n) is 2.07. The summed E-state index contributed by atoms with van der Waals surface area (Å²) >= 11 is 0. The van der Waals surface area contributed by atoms with Crippen molar-refractivity contribution in [2.45, 2.75) is 26.4 Å². The molecule has 0 saturated carbocycles. The molecule has 0 bridgehead atoms. The van der Waals surface area contributed by atoms with Gasteiger partial charge in [0, 0.05) is 6.42 Å². The fourth-order valence-corrected chi connectivity index (χ4v) is 2.07. The zero-order valence-corrected chi connectivity index (χ0v) is 12.4. The van der Waals surface area contributed by atoms with Crippen LogP contribution in [0.5, 0.6) is 0 Å². The van der Waals surface area contributed by atoms with Gasteiger partial charge in [0.25, 0.3) is 0 Å². The lowest BCUT2D eigenvalue weighted by atomic mass is 9.95. The van der Waals surface area contributed by atoms with Crippen LogP contribution in [-0.2, 0) is 11.2 Å². The number of nitrogens with one attached hydrogen (secondary N) is 1. The Morgan fingerprint density at radius 3 is 2.57 bits per heavy atom. The molecule has 0 aliphatic heterocycles. The van der Waals surface area contributed by atoms with E-state index in [1.165, 1.54) is 5.48 Å². The maximum Gasteiger partial charge on any atom is 0.431 e. The molecule has 21 heavy (non-hydrogen) atoms. The molecule has 0 saturated heterocycles. The van der Waals surface area contributed by atoms with E-state index in [9.17, 15) is 4.79 Å². The quantitative estimate of drug-likeness (QED) is 0.476. The van der Waals surface area contributed by atoms with Crippen LogP contribution in [-0.4, -0.2) is 17.4 Å². The highest BCUT2D eigenvalue weighted by molar-refractivity contribution is 5.66. The Morgan fingerprint density at radius 2 is 2.05 bits per heavy atom. The Kier molecular flexibility index (Phi) is 6.43. The third-order valence-electron chi connectivity index (χ3n) is 3.34. The molecule has 0 radical (unpaired) electrons. The van der Waals surface area contributed by atoms with E-state index in [0.717, 1.165) is 22.3 Å². The molecule has 0 aliphatic rings. The third kappa shape index (κ3) is 4.61. The molecule has 2 N–H and O–H groups in total. The van der Waals surface area contributed by atoms with Gasteiger partial charge in [-0.1, -0.05) is 49.6 Å². The minimum atomic E-state index is -0.898. The molecule has 112 valence electrons. The molecule has 0 aromatic heterocycles. The highest BCUT2D eigenvalue weighted by Crippen LogP contribution is 2.21. The van der Waals surface area contributed by atoms with Crippen LogP contribution in [0.2, 0.25) is 0 Å². The van der Waals surface area contributed by atoms with Gasteiger partial charge in [-0.25, -0.2) is 10.3 Å². The largest absolute Gasteiger partial charge is 0.439 e. The first-order valence-corrected chi connectivity index (χ1v) is 6.64. The normalized spacial score (nSPS) is 12.9. The minimum absolute atomic E-state index is 0.493. The molecule has 4 heteroatoms. The number of amides is 1. The number of allylic oxidation sites excluding steroid dienone is 2. The second-order valence-corrected chi connectivity index (χ2v) is 4.68. The fraction of sp³-hybridized carbons (Fsp3) is 0.235. The number of carbonyl (C=O) groups is 1. The van der Waals surface area contributed by atoms with E-state index in [2.05, 4.69) is 13.2 Å². The van der Waals surface area contributed by atoms with Crippen LogP contribution in [0.4, 0.5) is 4.79 Å². The van der Waals surface area contributed by atoms with Crippen molar-refractivity contribution in [1.82, 2.24) is 5.48 Å². The summed E-state index contributed by atoms with van der Waals surface area (Å²) in [5.41, 5.74) is 5.28. The van der Waals surface area contributed by atoms with Gasteiger partial charge in [-0.05, 0) is 36.1 Å². The van der Waals surface area contributed by atoms with Gasteiger partial charge in [0.1, 0.15) is 6.10 Å². The maximum absolute atomic E-state index is 11.4. The molecule has 1 aromatic rings. The number of hydrogen-bond acceptors (Lipinski definition) is 3. The van der Waals surface area contributed by atoms with E-state index in [-0.39, 0.29) is 0 Å². The predicted octanol–water partition coefficient (Wildman–Crippen LogP) is 3.71. The van der Waals surface area contributed by atoms with Gasteiger partial charge in [-0.3, -0.25) is 5.21 Å². The summed E-state index contributed by atoms with van der Waals surface area (Å²) in [4.78, 5) is 11.4. The van der Waals surface area contributed by atoms with E-state index in [4.69, 9.17) is 9.94 Å². The van der Waals surface area contributed by atoms with Gasteiger partial charge in [-0.15, -0.1) is 0 Å². The second-order valence-electron chi connectivity index (χ2n) is 4.68. The predicted molar refractivity (Wildman–Crippen MR) is 83.2 cm³/mol. The smallest absolute Gasteiger partial charge is 0.431 e. The first-order chi connectivity index (χ1) is 10.0. The van der Waals surface area contributed by atoms with E-state index in [0.29, 0.717) is 6.42 Å². The molecule has 0 heterocycles. The van der Waals surface area contributed by atoms with E-state index >= 15 is 0 Å². The Hall–Kier alpha value is -2.33. The first kappa shape index (κ1) is 16.7. The number of rotatable bonds is 6. The average molecular weight is 287 g/mol. The molecule has 4 nitrogen and oxygen atoms in total. The van der Waals surface area contributed by atoms with Crippen molar-refractivity contribution in [3.8, 4) is 0 Å². The minimum Gasteiger partial charge on any atom is -0.439 e. The highest BCUT2D eigenvalue weighted by Gasteiger charge is 2.20.